The zero-order valence-corrected chi connectivity index (χ0v) is 17.9. The van der Waals surface area contributed by atoms with Crippen LogP contribution >= 0.6 is 12.4 Å². The van der Waals surface area contributed by atoms with Crippen LogP contribution in [0.4, 0.5) is 0 Å². The van der Waals surface area contributed by atoms with Gasteiger partial charge in [0.15, 0.2) is 0 Å². The normalized spacial score (nSPS) is 26.7. The lowest BCUT2D eigenvalue weighted by molar-refractivity contribution is -0.140. The molecule has 1 N–H and O–H groups in total. The number of halogens is 1. The van der Waals surface area contributed by atoms with E-state index < -0.39 is 0 Å². The van der Waals surface area contributed by atoms with E-state index in [1.807, 2.05) is 28.8 Å². The first-order valence-electron chi connectivity index (χ1n) is 10.2. The highest BCUT2D eigenvalue weighted by Gasteiger charge is 2.52. The summed E-state index contributed by atoms with van der Waals surface area (Å²) >= 11 is 0. The van der Waals surface area contributed by atoms with Gasteiger partial charge in [0, 0.05) is 37.4 Å². The molecule has 0 aromatic carbocycles. The van der Waals surface area contributed by atoms with Crippen molar-refractivity contribution in [3.8, 4) is 0 Å². The van der Waals surface area contributed by atoms with E-state index >= 15 is 0 Å². The molecule has 2 fully saturated rings. The van der Waals surface area contributed by atoms with Gasteiger partial charge in [0.25, 0.3) is 5.91 Å². The van der Waals surface area contributed by atoms with Gasteiger partial charge in [0.2, 0.25) is 0 Å². The van der Waals surface area contributed by atoms with Gasteiger partial charge in [-0.05, 0) is 45.2 Å². The van der Waals surface area contributed by atoms with E-state index in [4.69, 9.17) is 4.74 Å². The Morgan fingerprint density at radius 3 is 2.81 bits per heavy atom. The van der Waals surface area contributed by atoms with Crippen molar-refractivity contribution in [2.24, 2.45) is 5.41 Å². The summed E-state index contributed by atoms with van der Waals surface area (Å²) in [6.45, 7) is 12.1. The number of rotatable bonds is 7. The summed E-state index contributed by atoms with van der Waals surface area (Å²) in [5.41, 5.74) is 0.552. The van der Waals surface area contributed by atoms with Gasteiger partial charge in [0.05, 0.1) is 12.1 Å². The van der Waals surface area contributed by atoms with Gasteiger partial charge in [-0.1, -0.05) is 20.8 Å². The second-order valence-electron chi connectivity index (χ2n) is 8.20. The molecule has 3 atom stereocenters. The SMILES string of the molecule is CCCN(C(=O)c1ccn(C2CCCNC2)n1)C1CC(OCC)C1(C)C.Cl. The fourth-order valence-electron chi connectivity index (χ4n) is 4.38. The molecule has 154 valence electrons. The molecule has 27 heavy (non-hydrogen) atoms. The molecule has 6 nitrogen and oxygen atoms in total. The van der Waals surface area contributed by atoms with Crippen molar-refractivity contribution >= 4 is 18.3 Å². The Labute approximate surface area is 169 Å². The Kier molecular flexibility index (Phi) is 7.72. The number of nitrogens with zero attached hydrogens (tertiary/aromatic N) is 3. The predicted molar refractivity (Wildman–Crippen MR) is 110 cm³/mol. The van der Waals surface area contributed by atoms with Crippen LogP contribution in [0.25, 0.3) is 0 Å². The van der Waals surface area contributed by atoms with Crippen LogP contribution in [-0.4, -0.2) is 59.0 Å². The van der Waals surface area contributed by atoms with Gasteiger partial charge in [-0.25, -0.2) is 0 Å². The van der Waals surface area contributed by atoms with Crippen LogP contribution in [0.15, 0.2) is 12.3 Å². The van der Waals surface area contributed by atoms with Crippen LogP contribution in [0.3, 0.4) is 0 Å². The van der Waals surface area contributed by atoms with Gasteiger partial charge >= 0.3 is 0 Å². The van der Waals surface area contributed by atoms with Gasteiger partial charge < -0.3 is 15.0 Å². The molecule has 3 unspecified atom stereocenters. The number of carbonyl (C=O) groups excluding carboxylic acids is 1. The molecular formula is C20H35ClN4O2. The average Bonchev–Trinajstić information content (AvgIpc) is 3.14. The lowest BCUT2D eigenvalue weighted by Gasteiger charge is -2.55. The predicted octanol–water partition coefficient (Wildman–Crippen LogP) is 3.29. The lowest BCUT2D eigenvalue weighted by atomic mass is 9.63. The zero-order chi connectivity index (χ0) is 18.7. The average molecular weight is 399 g/mol. The molecule has 0 spiro atoms. The molecule has 1 amide bonds. The maximum atomic E-state index is 13.2. The number of ether oxygens (including phenoxy) is 1. The number of carbonyl (C=O) groups is 1. The molecule has 1 saturated carbocycles. The second-order valence-corrected chi connectivity index (χ2v) is 8.20. The molecule has 2 heterocycles. The number of aromatic nitrogens is 2. The third-order valence-corrected chi connectivity index (χ3v) is 6.07. The number of hydrogen-bond donors (Lipinski definition) is 1. The molecule has 1 aliphatic heterocycles. The van der Waals surface area contributed by atoms with Gasteiger partial charge in [-0.2, -0.15) is 5.10 Å². The van der Waals surface area contributed by atoms with E-state index in [1.54, 1.807) is 0 Å². The Morgan fingerprint density at radius 1 is 1.44 bits per heavy atom. The Bertz CT molecular complexity index is 613. The Balaban J connectivity index is 0.00000261. The van der Waals surface area contributed by atoms with Crippen molar-refractivity contribution in [2.75, 3.05) is 26.2 Å². The topological polar surface area (TPSA) is 59.4 Å². The van der Waals surface area contributed by atoms with Crippen LogP contribution in [0.1, 0.15) is 69.9 Å². The smallest absolute Gasteiger partial charge is 0.274 e. The first-order valence-corrected chi connectivity index (χ1v) is 10.2. The molecule has 0 bridgehead atoms. The first-order chi connectivity index (χ1) is 12.5. The minimum absolute atomic E-state index is 0. The largest absolute Gasteiger partial charge is 0.378 e. The van der Waals surface area contributed by atoms with Crippen molar-refractivity contribution in [3.05, 3.63) is 18.0 Å². The fourth-order valence-corrected chi connectivity index (χ4v) is 4.38. The molecule has 1 aliphatic carbocycles. The van der Waals surface area contributed by atoms with E-state index in [2.05, 4.69) is 31.2 Å². The molecular weight excluding hydrogens is 364 g/mol. The van der Waals surface area contributed by atoms with Crippen molar-refractivity contribution in [1.29, 1.82) is 0 Å². The van der Waals surface area contributed by atoms with Crippen molar-refractivity contribution in [1.82, 2.24) is 20.0 Å². The van der Waals surface area contributed by atoms with E-state index in [0.717, 1.165) is 51.9 Å². The van der Waals surface area contributed by atoms with Crippen LogP contribution in [0.2, 0.25) is 0 Å². The third-order valence-electron chi connectivity index (χ3n) is 6.07. The Hall–Kier alpha value is -1.11. The van der Waals surface area contributed by atoms with Gasteiger partial charge in [0.1, 0.15) is 5.69 Å². The van der Waals surface area contributed by atoms with Crippen LogP contribution in [-0.2, 0) is 4.74 Å². The molecule has 1 aromatic heterocycles. The summed E-state index contributed by atoms with van der Waals surface area (Å²) in [6, 6.07) is 2.45. The quantitative estimate of drug-likeness (QED) is 0.765. The fraction of sp³-hybridized carbons (Fsp3) is 0.800. The summed E-state index contributed by atoms with van der Waals surface area (Å²) in [6.07, 6.45) is 6.34. The number of nitrogens with one attached hydrogen (secondary N) is 1. The van der Waals surface area contributed by atoms with E-state index in [0.29, 0.717) is 11.7 Å². The first kappa shape index (κ1) is 22.2. The van der Waals surface area contributed by atoms with E-state index in [-0.39, 0.29) is 35.9 Å². The standard InChI is InChI=1S/C20H34N4O2.ClH/c1-5-11-23(17-13-18(26-6-2)20(17,3)4)19(25)16-9-12-24(22-16)15-8-7-10-21-14-15;/h9,12,15,17-18,21H,5-8,10-11,13-14H2,1-4H3;1H. The molecule has 3 rings (SSSR count). The van der Waals surface area contributed by atoms with E-state index in [9.17, 15) is 4.79 Å². The highest BCUT2D eigenvalue weighted by atomic mass is 35.5. The minimum atomic E-state index is -0.0172. The highest BCUT2D eigenvalue weighted by Crippen LogP contribution is 2.46. The number of hydrogen-bond acceptors (Lipinski definition) is 4. The summed E-state index contributed by atoms with van der Waals surface area (Å²) in [5.74, 6) is 0.0578. The van der Waals surface area contributed by atoms with Gasteiger partial charge in [-0.3, -0.25) is 9.48 Å². The Morgan fingerprint density at radius 2 is 2.22 bits per heavy atom. The van der Waals surface area contributed by atoms with Crippen molar-refractivity contribution in [2.45, 2.75) is 71.6 Å². The van der Waals surface area contributed by atoms with Crippen LogP contribution < -0.4 is 5.32 Å². The summed E-state index contributed by atoms with van der Waals surface area (Å²) in [4.78, 5) is 15.2. The van der Waals surface area contributed by atoms with Gasteiger partial charge in [-0.15, -0.1) is 12.4 Å². The van der Waals surface area contributed by atoms with E-state index in [1.165, 1.54) is 0 Å². The molecule has 0 radical (unpaired) electrons. The maximum absolute atomic E-state index is 13.2. The van der Waals surface area contributed by atoms with Crippen LogP contribution in [0.5, 0.6) is 0 Å². The second kappa shape index (κ2) is 9.39. The zero-order valence-electron chi connectivity index (χ0n) is 17.1. The van der Waals surface area contributed by atoms with Crippen molar-refractivity contribution < 1.29 is 9.53 Å². The molecule has 7 heteroatoms. The minimum Gasteiger partial charge on any atom is -0.378 e. The molecule has 1 aromatic rings. The molecule has 2 aliphatic rings. The molecule has 1 saturated heterocycles. The number of piperidine rings is 1. The maximum Gasteiger partial charge on any atom is 0.274 e. The lowest BCUT2D eigenvalue weighted by Crippen LogP contribution is -2.63. The number of amides is 1. The summed E-state index contributed by atoms with van der Waals surface area (Å²) < 4.78 is 7.83. The summed E-state index contributed by atoms with van der Waals surface area (Å²) in [7, 11) is 0. The van der Waals surface area contributed by atoms with Crippen molar-refractivity contribution in [3.63, 3.8) is 0 Å². The third kappa shape index (κ3) is 4.49. The highest BCUT2D eigenvalue weighted by molar-refractivity contribution is 5.92. The van der Waals surface area contributed by atoms with Crippen LogP contribution in [0, 0.1) is 5.41 Å². The summed E-state index contributed by atoms with van der Waals surface area (Å²) in [5, 5.41) is 8.04. The monoisotopic (exact) mass is 398 g/mol.